The van der Waals surface area contributed by atoms with Crippen molar-refractivity contribution in [2.45, 2.75) is 24.9 Å². The second-order valence-corrected chi connectivity index (χ2v) is 10.1. The fraction of sp³-hybridized carbons (Fsp3) is 0.207. The third kappa shape index (κ3) is 4.07. The minimum absolute atomic E-state index is 0.00631. The number of hydrogen-bond acceptors (Lipinski definition) is 5. The van der Waals surface area contributed by atoms with Crippen LogP contribution in [0.4, 0.5) is 5.69 Å². The number of benzene rings is 3. The molecule has 0 fully saturated rings. The number of methoxy groups -OCH3 is 1. The van der Waals surface area contributed by atoms with Crippen LogP contribution < -0.4 is 15.2 Å². The number of nitrogens with one attached hydrogen (secondary N) is 1. The summed E-state index contributed by atoms with van der Waals surface area (Å²) in [5.41, 5.74) is 5.36. The van der Waals surface area contributed by atoms with E-state index in [2.05, 4.69) is 11.1 Å². The zero-order chi connectivity index (χ0) is 25.5. The van der Waals surface area contributed by atoms with Gasteiger partial charge < -0.3 is 14.6 Å². The number of amides is 1. The summed E-state index contributed by atoms with van der Waals surface area (Å²) in [5.74, 6) is 0.708. The zero-order valence-corrected chi connectivity index (χ0v) is 21.5. The molecule has 0 saturated heterocycles. The fourth-order valence-corrected chi connectivity index (χ4v) is 5.90. The van der Waals surface area contributed by atoms with E-state index < -0.39 is 0 Å². The molecule has 1 amide bonds. The van der Waals surface area contributed by atoms with Crippen LogP contribution in [0.25, 0.3) is 27.6 Å². The Morgan fingerprint density at radius 3 is 2.76 bits per heavy atom. The van der Waals surface area contributed by atoms with Crippen LogP contribution in [0.15, 0.2) is 76.7 Å². The van der Waals surface area contributed by atoms with Crippen LogP contribution in [-0.4, -0.2) is 39.8 Å². The molecule has 2 aromatic heterocycles. The Morgan fingerprint density at radius 2 is 1.89 bits per heavy atom. The van der Waals surface area contributed by atoms with Crippen LogP contribution in [0.3, 0.4) is 0 Å². The predicted molar refractivity (Wildman–Crippen MR) is 148 cm³/mol. The first-order chi connectivity index (χ1) is 18.0. The molecule has 5 aromatic rings. The van der Waals surface area contributed by atoms with Crippen molar-refractivity contribution in [3.8, 4) is 11.4 Å². The monoisotopic (exact) mass is 510 g/mol. The van der Waals surface area contributed by atoms with Gasteiger partial charge in [0.2, 0.25) is 5.91 Å². The number of anilines is 1. The molecule has 1 aliphatic rings. The van der Waals surface area contributed by atoms with E-state index >= 15 is 0 Å². The van der Waals surface area contributed by atoms with Crippen molar-refractivity contribution < 1.29 is 9.53 Å². The van der Waals surface area contributed by atoms with Crippen molar-refractivity contribution in [3.63, 3.8) is 0 Å². The van der Waals surface area contributed by atoms with Crippen molar-refractivity contribution in [2.75, 3.05) is 24.3 Å². The largest absolute Gasteiger partial charge is 0.495 e. The van der Waals surface area contributed by atoms with Crippen LogP contribution in [0, 0.1) is 6.92 Å². The van der Waals surface area contributed by atoms with Gasteiger partial charge in [-0.1, -0.05) is 54.2 Å². The van der Waals surface area contributed by atoms with Gasteiger partial charge in [0.15, 0.2) is 5.16 Å². The lowest BCUT2D eigenvalue weighted by molar-refractivity contribution is -0.116. The van der Waals surface area contributed by atoms with Gasteiger partial charge in [-0.25, -0.2) is 9.55 Å². The molecule has 0 aliphatic carbocycles. The van der Waals surface area contributed by atoms with E-state index in [1.807, 2.05) is 72.5 Å². The number of carbonyl (C=O) groups is 1. The normalized spacial score (nSPS) is 13.2. The summed E-state index contributed by atoms with van der Waals surface area (Å²) in [6.45, 7) is 2.65. The molecule has 0 unspecified atom stereocenters. The molecule has 1 aliphatic heterocycles. The summed E-state index contributed by atoms with van der Waals surface area (Å²) in [6.07, 6.45) is 1.90. The van der Waals surface area contributed by atoms with Crippen molar-refractivity contribution in [1.29, 1.82) is 0 Å². The first-order valence-corrected chi connectivity index (χ1v) is 13.2. The molecule has 1 N–H and O–H groups in total. The number of para-hydroxylation sites is 2. The molecule has 0 bridgehead atoms. The molecular formula is C29H26N4O3S. The highest BCUT2D eigenvalue weighted by Gasteiger charge is 2.24. The molecule has 0 spiro atoms. The Morgan fingerprint density at radius 1 is 1.08 bits per heavy atom. The van der Waals surface area contributed by atoms with E-state index in [9.17, 15) is 9.59 Å². The second-order valence-electron chi connectivity index (χ2n) is 9.17. The van der Waals surface area contributed by atoms with Gasteiger partial charge in [0.25, 0.3) is 5.56 Å². The lowest BCUT2D eigenvalue weighted by Gasteiger charge is -2.29. The number of fused-ring (bicyclic) bond motifs is 4. The molecule has 0 radical (unpaired) electrons. The van der Waals surface area contributed by atoms with Gasteiger partial charge in [0.1, 0.15) is 16.8 Å². The number of rotatable bonds is 5. The van der Waals surface area contributed by atoms with Gasteiger partial charge >= 0.3 is 0 Å². The lowest BCUT2D eigenvalue weighted by atomic mass is 10.0. The maximum atomic E-state index is 13.9. The third-order valence-electron chi connectivity index (χ3n) is 6.81. The molecule has 7 nitrogen and oxygen atoms in total. The lowest BCUT2D eigenvalue weighted by Crippen LogP contribution is -2.36. The Balaban J connectivity index is 1.46. The van der Waals surface area contributed by atoms with Crippen LogP contribution in [-0.2, 0) is 11.2 Å². The predicted octanol–water partition coefficient (Wildman–Crippen LogP) is 5.26. The quantitative estimate of drug-likeness (QED) is 0.258. The number of thioether (sulfide) groups is 1. The van der Waals surface area contributed by atoms with Gasteiger partial charge in [0.05, 0.1) is 18.6 Å². The van der Waals surface area contributed by atoms with E-state index in [0.717, 1.165) is 35.0 Å². The summed E-state index contributed by atoms with van der Waals surface area (Å²) < 4.78 is 7.17. The molecule has 186 valence electrons. The number of aromatic amines is 1. The minimum atomic E-state index is -0.233. The van der Waals surface area contributed by atoms with Gasteiger partial charge in [-0.15, -0.1) is 0 Å². The van der Waals surface area contributed by atoms with E-state index in [4.69, 9.17) is 9.72 Å². The highest BCUT2D eigenvalue weighted by atomic mass is 32.2. The van der Waals surface area contributed by atoms with Gasteiger partial charge in [-0.2, -0.15) is 0 Å². The Labute approximate surface area is 218 Å². The Kier molecular flexibility index (Phi) is 5.96. The highest BCUT2D eigenvalue weighted by Crippen LogP contribution is 2.32. The standard InChI is InChI=1S/C29H26N4O3S/c1-18-13-14-24(36-2)23(16-18)33-28(35)27-26(20-10-4-5-11-21(20)30-27)31-29(33)37-17-25(34)32-15-7-9-19-8-3-6-12-22(19)32/h3-6,8,10-14,16,30H,7,9,15,17H2,1-2H3. The molecule has 0 saturated carbocycles. The van der Waals surface area contributed by atoms with Gasteiger partial charge in [-0.05, 0) is 55.2 Å². The molecule has 6 rings (SSSR count). The zero-order valence-electron chi connectivity index (χ0n) is 20.7. The van der Waals surface area contributed by atoms with Crippen LogP contribution >= 0.6 is 11.8 Å². The first kappa shape index (κ1) is 23.4. The van der Waals surface area contributed by atoms with Gasteiger partial charge in [0, 0.05) is 23.1 Å². The van der Waals surface area contributed by atoms with Crippen molar-refractivity contribution >= 4 is 45.3 Å². The van der Waals surface area contributed by atoms with E-state index in [0.29, 0.717) is 34.2 Å². The maximum absolute atomic E-state index is 13.9. The average molecular weight is 511 g/mol. The highest BCUT2D eigenvalue weighted by molar-refractivity contribution is 7.99. The third-order valence-corrected chi connectivity index (χ3v) is 7.73. The fourth-order valence-electron chi connectivity index (χ4n) is 5.02. The molecule has 3 aromatic carbocycles. The molecule has 8 heteroatoms. The van der Waals surface area contributed by atoms with Crippen molar-refractivity contribution in [1.82, 2.24) is 14.5 Å². The van der Waals surface area contributed by atoms with Crippen molar-refractivity contribution in [2.24, 2.45) is 0 Å². The van der Waals surface area contributed by atoms with Crippen molar-refractivity contribution in [3.05, 3.63) is 88.2 Å². The number of hydrogen-bond donors (Lipinski definition) is 1. The SMILES string of the molecule is COc1ccc(C)cc1-n1c(SCC(=O)N2CCCc3ccccc32)nc2c([nH]c3ccccc32)c1=O. The number of carbonyl (C=O) groups excluding carboxylic acids is 1. The summed E-state index contributed by atoms with van der Waals surface area (Å²) in [6, 6.07) is 21.5. The molecular weight excluding hydrogens is 484 g/mol. The topological polar surface area (TPSA) is 80.2 Å². The second kappa shape index (κ2) is 9.44. The van der Waals surface area contributed by atoms with Gasteiger partial charge in [-0.3, -0.25) is 9.59 Å². The maximum Gasteiger partial charge on any atom is 0.283 e. The van der Waals surface area contributed by atoms with Crippen LogP contribution in [0.1, 0.15) is 17.5 Å². The van der Waals surface area contributed by atoms with Crippen LogP contribution in [0.5, 0.6) is 5.75 Å². The summed E-state index contributed by atoms with van der Waals surface area (Å²) in [5, 5.41) is 1.32. The number of aryl methyl sites for hydroxylation is 2. The summed E-state index contributed by atoms with van der Waals surface area (Å²) >= 11 is 1.28. The number of ether oxygens (including phenoxy) is 1. The number of H-pyrrole nitrogens is 1. The van der Waals surface area contributed by atoms with E-state index in [-0.39, 0.29) is 17.2 Å². The Bertz CT molecular complexity index is 1720. The first-order valence-electron chi connectivity index (χ1n) is 12.2. The average Bonchev–Trinajstić information content (AvgIpc) is 3.30. The smallest absolute Gasteiger partial charge is 0.283 e. The molecule has 0 atom stereocenters. The van der Waals surface area contributed by atoms with E-state index in [1.54, 1.807) is 11.7 Å². The van der Waals surface area contributed by atoms with E-state index in [1.165, 1.54) is 17.3 Å². The Hall–Kier alpha value is -4.04. The molecule has 37 heavy (non-hydrogen) atoms. The van der Waals surface area contributed by atoms with Crippen LogP contribution in [0.2, 0.25) is 0 Å². The number of aromatic nitrogens is 3. The number of nitrogens with zero attached hydrogens (tertiary/aromatic N) is 3. The molecule has 3 heterocycles. The summed E-state index contributed by atoms with van der Waals surface area (Å²) in [7, 11) is 1.58. The summed E-state index contributed by atoms with van der Waals surface area (Å²) in [4.78, 5) is 37.4. The minimum Gasteiger partial charge on any atom is -0.495 e.